The minimum atomic E-state index is -0.0846. The highest BCUT2D eigenvalue weighted by atomic mass is 35.5. The number of hydrogen-bond acceptors (Lipinski definition) is 6. The lowest BCUT2D eigenvalue weighted by atomic mass is 9.87. The number of hydrogen-bond donors (Lipinski definition) is 0. The molecule has 0 aliphatic carbocycles. The van der Waals surface area contributed by atoms with Gasteiger partial charge in [-0.2, -0.15) is 5.26 Å². The van der Waals surface area contributed by atoms with E-state index in [2.05, 4.69) is 49.2 Å². The normalized spacial score (nSPS) is 11.2. The molecule has 0 spiro atoms. The number of carbonyl (C=O) groups is 1. The third kappa shape index (κ3) is 5.91. The van der Waals surface area contributed by atoms with Gasteiger partial charge >= 0.3 is 0 Å². The second-order valence-corrected chi connectivity index (χ2v) is 10.1. The van der Waals surface area contributed by atoms with E-state index in [4.69, 9.17) is 21.6 Å². The average Bonchev–Trinajstić information content (AvgIpc) is 3.24. The number of nitriles is 1. The Bertz CT molecular complexity index is 1200. The Morgan fingerprint density at radius 2 is 1.91 bits per heavy atom. The first-order valence-corrected chi connectivity index (χ1v) is 12.2. The van der Waals surface area contributed by atoms with Crippen LogP contribution in [0.5, 0.6) is 5.75 Å². The van der Waals surface area contributed by atoms with Crippen LogP contribution in [-0.2, 0) is 10.2 Å². The lowest BCUT2D eigenvalue weighted by Crippen LogP contribution is -2.29. The van der Waals surface area contributed by atoms with Crippen molar-refractivity contribution in [3.8, 4) is 28.9 Å². The molecule has 1 aromatic heterocycles. The summed E-state index contributed by atoms with van der Waals surface area (Å²) in [5.74, 6) is 1.30. The quantitative estimate of drug-likeness (QED) is 0.389. The molecule has 3 rings (SSSR count). The fourth-order valence-corrected chi connectivity index (χ4v) is 4.42. The van der Waals surface area contributed by atoms with E-state index >= 15 is 0 Å². The molecule has 0 aliphatic heterocycles. The highest BCUT2D eigenvalue weighted by molar-refractivity contribution is 7.99. The first-order valence-electron chi connectivity index (χ1n) is 10.8. The van der Waals surface area contributed by atoms with Crippen LogP contribution in [0.1, 0.15) is 32.8 Å². The van der Waals surface area contributed by atoms with E-state index in [0.717, 1.165) is 11.3 Å². The van der Waals surface area contributed by atoms with Crippen molar-refractivity contribution in [3.05, 3.63) is 53.1 Å². The Morgan fingerprint density at radius 3 is 2.50 bits per heavy atom. The molecule has 34 heavy (non-hydrogen) atoms. The Labute approximate surface area is 209 Å². The topological polar surface area (TPSA) is 84.0 Å². The second kappa shape index (κ2) is 10.9. The van der Waals surface area contributed by atoms with Crippen LogP contribution < -0.4 is 4.74 Å². The van der Waals surface area contributed by atoms with Crippen LogP contribution >= 0.6 is 23.4 Å². The molecule has 1 heterocycles. The lowest BCUT2D eigenvalue weighted by Gasteiger charge is -2.19. The molecule has 0 saturated carbocycles. The third-order valence-corrected chi connectivity index (χ3v) is 6.55. The number of aromatic nitrogens is 3. The van der Waals surface area contributed by atoms with Crippen LogP contribution in [0.2, 0.25) is 5.02 Å². The molecular weight excluding hydrogens is 470 g/mol. The Hall–Kier alpha value is -3.02. The fourth-order valence-electron chi connectivity index (χ4n) is 3.28. The summed E-state index contributed by atoms with van der Waals surface area (Å²) < 4.78 is 7.19. The van der Waals surface area contributed by atoms with Gasteiger partial charge in [0.25, 0.3) is 0 Å². The van der Waals surface area contributed by atoms with Crippen LogP contribution in [0.3, 0.4) is 0 Å². The minimum Gasteiger partial charge on any atom is -0.495 e. The number of benzene rings is 2. The maximum absolute atomic E-state index is 12.5. The SMILES string of the molecule is COc1ccc(-n2c(SCC(=O)N(C)CCC#N)nnc2-c2ccc(C(C)(C)C)cc2)cc1Cl. The number of methoxy groups -OCH3 is 1. The molecule has 0 atom stereocenters. The summed E-state index contributed by atoms with van der Waals surface area (Å²) in [6.45, 7) is 6.90. The molecule has 0 bridgehead atoms. The summed E-state index contributed by atoms with van der Waals surface area (Å²) in [6, 6.07) is 15.8. The number of thioether (sulfide) groups is 1. The zero-order valence-corrected chi connectivity index (χ0v) is 21.6. The number of rotatable bonds is 8. The Kier molecular flexibility index (Phi) is 8.24. The van der Waals surface area contributed by atoms with E-state index in [1.807, 2.05) is 22.8 Å². The van der Waals surface area contributed by atoms with E-state index in [1.54, 1.807) is 31.2 Å². The molecule has 9 heteroatoms. The number of amides is 1. The summed E-state index contributed by atoms with van der Waals surface area (Å²) in [6.07, 6.45) is 0.294. The largest absolute Gasteiger partial charge is 0.495 e. The lowest BCUT2D eigenvalue weighted by molar-refractivity contribution is -0.127. The third-order valence-electron chi connectivity index (χ3n) is 5.35. The van der Waals surface area contributed by atoms with E-state index in [0.29, 0.717) is 34.7 Å². The van der Waals surface area contributed by atoms with Gasteiger partial charge in [-0.3, -0.25) is 9.36 Å². The first kappa shape index (κ1) is 25.6. The smallest absolute Gasteiger partial charge is 0.232 e. The summed E-state index contributed by atoms with van der Waals surface area (Å²) in [4.78, 5) is 14.1. The van der Waals surface area contributed by atoms with Gasteiger partial charge in [0.1, 0.15) is 5.75 Å². The van der Waals surface area contributed by atoms with Gasteiger partial charge in [-0.15, -0.1) is 10.2 Å². The van der Waals surface area contributed by atoms with Gasteiger partial charge in [-0.05, 0) is 29.2 Å². The van der Waals surface area contributed by atoms with Crippen LogP contribution in [0, 0.1) is 11.3 Å². The predicted molar refractivity (Wildman–Crippen MR) is 136 cm³/mol. The van der Waals surface area contributed by atoms with Gasteiger partial charge in [0, 0.05) is 19.2 Å². The van der Waals surface area contributed by atoms with Gasteiger partial charge in [0.15, 0.2) is 11.0 Å². The van der Waals surface area contributed by atoms with E-state index in [-0.39, 0.29) is 17.1 Å². The monoisotopic (exact) mass is 497 g/mol. The highest BCUT2D eigenvalue weighted by Gasteiger charge is 2.20. The van der Waals surface area contributed by atoms with Crippen molar-refractivity contribution in [3.63, 3.8) is 0 Å². The molecule has 2 aromatic carbocycles. The average molecular weight is 498 g/mol. The zero-order valence-electron chi connectivity index (χ0n) is 20.0. The van der Waals surface area contributed by atoms with Crippen molar-refractivity contribution in [2.45, 2.75) is 37.8 Å². The van der Waals surface area contributed by atoms with Crippen molar-refractivity contribution in [1.82, 2.24) is 19.7 Å². The predicted octanol–water partition coefficient (Wildman–Crippen LogP) is 5.36. The Morgan fingerprint density at radius 1 is 1.21 bits per heavy atom. The maximum atomic E-state index is 12.5. The number of nitrogens with zero attached hydrogens (tertiary/aromatic N) is 5. The number of carbonyl (C=O) groups excluding carboxylic acids is 1. The molecule has 0 fully saturated rings. The van der Waals surface area contributed by atoms with Crippen molar-refractivity contribution in [1.29, 1.82) is 5.26 Å². The standard InChI is InChI=1S/C25H28ClN5O2S/c1-25(2,3)18-9-7-17(8-10-18)23-28-29-24(34-16-22(32)30(4)14-6-13-27)31(23)19-11-12-21(33-5)20(26)15-19/h7-12,15H,6,14,16H2,1-5H3. The molecule has 0 saturated heterocycles. The Balaban J connectivity index is 1.99. The molecule has 0 radical (unpaired) electrons. The summed E-state index contributed by atoms with van der Waals surface area (Å²) in [5.41, 5.74) is 2.92. The van der Waals surface area contributed by atoms with E-state index in [9.17, 15) is 4.79 Å². The van der Waals surface area contributed by atoms with Gasteiger partial charge in [-0.1, -0.05) is 68.4 Å². The van der Waals surface area contributed by atoms with Gasteiger partial charge in [-0.25, -0.2) is 0 Å². The summed E-state index contributed by atoms with van der Waals surface area (Å²) in [5, 5.41) is 18.6. The first-order chi connectivity index (χ1) is 16.2. The summed E-state index contributed by atoms with van der Waals surface area (Å²) in [7, 11) is 3.26. The zero-order chi connectivity index (χ0) is 24.9. The van der Waals surface area contributed by atoms with E-state index in [1.165, 1.54) is 17.3 Å². The van der Waals surface area contributed by atoms with Gasteiger partial charge in [0.2, 0.25) is 5.91 Å². The van der Waals surface area contributed by atoms with Gasteiger partial charge in [0.05, 0.1) is 36.1 Å². The fraction of sp³-hybridized carbons (Fsp3) is 0.360. The number of ether oxygens (including phenoxy) is 1. The van der Waals surface area contributed by atoms with E-state index < -0.39 is 0 Å². The molecule has 0 unspecified atom stereocenters. The molecule has 3 aromatic rings. The number of halogens is 1. The van der Waals surface area contributed by atoms with Crippen LogP contribution in [-0.4, -0.2) is 52.0 Å². The van der Waals surface area contributed by atoms with Crippen molar-refractivity contribution >= 4 is 29.3 Å². The maximum Gasteiger partial charge on any atom is 0.232 e. The second-order valence-electron chi connectivity index (χ2n) is 8.80. The molecule has 0 N–H and O–H groups in total. The van der Waals surface area contributed by atoms with Crippen molar-refractivity contribution in [2.75, 3.05) is 26.5 Å². The van der Waals surface area contributed by atoms with Crippen LogP contribution in [0.15, 0.2) is 47.6 Å². The van der Waals surface area contributed by atoms with Gasteiger partial charge < -0.3 is 9.64 Å². The molecular formula is C25H28ClN5O2S. The molecule has 0 aliphatic rings. The van der Waals surface area contributed by atoms with Crippen molar-refractivity contribution < 1.29 is 9.53 Å². The molecule has 7 nitrogen and oxygen atoms in total. The molecule has 178 valence electrons. The minimum absolute atomic E-state index is 0.0364. The summed E-state index contributed by atoms with van der Waals surface area (Å²) >= 11 is 7.70. The van der Waals surface area contributed by atoms with Crippen LogP contribution in [0.25, 0.3) is 17.1 Å². The van der Waals surface area contributed by atoms with Crippen LogP contribution in [0.4, 0.5) is 0 Å². The highest BCUT2D eigenvalue weighted by Crippen LogP contribution is 2.33. The molecule has 1 amide bonds. The van der Waals surface area contributed by atoms with Crippen molar-refractivity contribution in [2.24, 2.45) is 0 Å².